The summed E-state index contributed by atoms with van der Waals surface area (Å²) in [6.45, 7) is 6.12. The molecule has 96 valence electrons. The van der Waals surface area contributed by atoms with E-state index in [-0.39, 0.29) is 12.4 Å². The van der Waals surface area contributed by atoms with Gasteiger partial charge in [-0.25, -0.2) is 0 Å². The van der Waals surface area contributed by atoms with Gasteiger partial charge in [-0.2, -0.15) is 0 Å². The van der Waals surface area contributed by atoms with Gasteiger partial charge in [0.2, 0.25) is 0 Å². The Labute approximate surface area is 107 Å². The number of Topliss-reactive ketones (excluding diaryl/α,β-unsaturated/α-hetero) is 1. The number of hydrogen-bond donors (Lipinski definition) is 1. The van der Waals surface area contributed by atoms with Crippen LogP contribution in [0.3, 0.4) is 0 Å². The van der Waals surface area contributed by atoms with Crippen molar-refractivity contribution in [2.45, 2.75) is 26.7 Å². The molecule has 0 saturated carbocycles. The van der Waals surface area contributed by atoms with Gasteiger partial charge in [-0.3, -0.25) is 9.69 Å². The number of thiophene rings is 1. The van der Waals surface area contributed by atoms with E-state index in [1.54, 1.807) is 11.3 Å². The third kappa shape index (κ3) is 4.98. The lowest BCUT2D eigenvalue weighted by atomic mass is 10.2. The van der Waals surface area contributed by atoms with Gasteiger partial charge in [0, 0.05) is 11.4 Å². The molecule has 0 fully saturated rings. The molecule has 0 radical (unpaired) electrons. The van der Waals surface area contributed by atoms with Crippen molar-refractivity contribution in [3.05, 3.63) is 21.9 Å². The minimum absolute atomic E-state index is 0.112. The smallest absolute Gasteiger partial charge is 0.186 e. The summed E-state index contributed by atoms with van der Waals surface area (Å²) in [5, 5.41) is 8.97. The van der Waals surface area contributed by atoms with Gasteiger partial charge in [0.1, 0.15) is 0 Å². The number of rotatable bonds is 8. The van der Waals surface area contributed by atoms with Crippen LogP contribution in [0.15, 0.2) is 12.1 Å². The van der Waals surface area contributed by atoms with E-state index < -0.39 is 0 Å². The highest BCUT2D eigenvalue weighted by atomic mass is 32.1. The van der Waals surface area contributed by atoms with Crippen LogP contribution in [-0.4, -0.2) is 42.0 Å². The fourth-order valence-electron chi connectivity index (χ4n) is 1.66. The molecule has 0 aliphatic heterocycles. The lowest BCUT2D eigenvalue weighted by Gasteiger charge is -2.19. The van der Waals surface area contributed by atoms with Crippen molar-refractivity contribution in [1.29, 1.82) is 0 Å². The fourth-order valence-corrected chi connectivity index (χ4v) is 2.46. The van der Waals surface area contributed by atoms with E-state index in [9.17, 15) is 4.79 Å². The number of hydrogen-bond acceptors (Lipinski definition) is 4. The zero-order valence-corrected chi connectivity index (χ0v) is 11.4. The summed E-state index contributed by atoms with van der Waals surface area (Å²) < 4.78 is 0. The summed E-state index contributed by atoms with van der Waals surface area (Å²) in [7, 11) is 0. The highest BCUT2D eigenvalue weighted by Gasteiger charge is 2.13. The van der Waals surface area contributed by atoms with Crippen molar-refractivity contribution in [3.8, 4) is 0 Å². The standard InChI is InChI=1S/C13H21NO2S/c1-3-4-7-14(8-9-15)10-12(16)13-6-5-11(2)17-13/h5-6,15H,3-4,7-10H2,1-2H3. The first-order chi connectivity index (χ1) is 8.17. The summed E-state index contributed by atoms with van der Waals surface area (Å²) in [6, 6.07) is 3.86. The predicted molar refractivity (Wildman–Crippen MR) is 71.8 cm³/mol. The number of unbranched alkanes of at least 4 members (excludes halogenated alkanes) is 1. The maximum Gasteiger partial charge on any atom is 0.186 e. The number of carbonyl (C=O) groups excluding carboxylic acids is 1. The van der Waals surface area contributed by atoms with Gasteiger partial charge in [0.15, 0.2) is 5.78 Å². The summed E-state index contributed by atoms with van der Waals surface area (Å²) in [6.07, 6.45) is 2.17. The van der Waals surface area contributed by atoms with Crippen LogP contribution in [0.5, 0.6) is 0 Å². The number of aryl methyl sites for hydroxylation is 1. The molecule has 1 N–H and O–H groups in total. The Morgan fingerprint density at radius 1 is 1.41 bits per heavy atom. The maximum absolute atomic E-state index is 12.0. The molecule has 17 heavy (non-hydrogen) atoms. The molecule has 0 aliphatic carbocycles. The Hall–Kier alpha value is -0.710. The molecule has 0 bridgehead atoms. The van der Waals surface area contributed by atoms with E-state index in [4.69, 9.17) is 5.11 Å². The fraction of sp³-hybridized carbons (Fsp3) is 0.615. The molecular weight excluding hydrogens is 234 g/mol. The van der Waals surface area contributed by atoms with Crippen LogP contribution in [0.1, 0.15) is 34.3 Å². The number of ketones is 1. The molecule has 0 atom stereocenters. The summed E-state index contributed by atoms with van der Waals surface area (Å²) in [4.78, 5) is 16.0. The van der Waals surface area contributed by atoms with Crippen LogP contribution in [0.2, 0.25) is 0 Å². The van der Waals surface area contributed by atoms with Crippen LogP contribution in [0.4, 0.5) is 0 Å². The first kappa shape index (κ1) is 14.4. The second-order valence-electron chi connectivity index (χ2n) is 4.19. The minimum Gasteiger partial charge on any atom is -0.395 e. The molecule has 1 heterocycles. The summed E-state index contributed by atoms with van der Waals surface area (Å²) in [5.41, 5.74) is 0. The highest BCUT2D eigenvalue weighted by molar-refractivity contribution is 7.14. The van der Waals surface area contributed by atoms with Gasteiger partial charge in [-0.15, -0.1) is 11.3 Å². The molecular formula is C13H21NO2S. The van der Waals surface area contributed by atoms with Crippen molar-refractivity contribution >= 4 is 17.1 Å². The zero-order valence-electron chi connectivity index (χ0n) is 10.6. The van der Waals surface area contributed by atoms with Crippen LogP contribution >= 0.6 is 11.3 Å². The van der Waals surface area contributed by atoms with E-state index in [2.05, 4.69) is 6.92 Å². The van der Waals surface area contributed by atoms with Gasteiger partial charge in [0.25, 0.3) is 0 Å². The predicted octanol–water partition coefficient (Wildman–Crippen LogP) is 2.33. The second-order valence-corrected chi connectivity index (χ2v) is 5.47. The molecule has 0 aromatic carbocycles. The largest absolute Gasteiger partial charge is 0.395 e. The number of aliphatic hydroxyl groups is 1. The van der Waals surface area contributed by atoms with E-state index in [1.165, 1.54) is 0 Å². The lowest BCUT2D eigenvalue weighted by molar-refractivity contribution is 0.0917. The Morgan fingerprint density at radius 3 is 2.71 bits per heavy atom. The van der Waals surface area contributed by atoms with Crippen molar-refractivity contribution < 1.29 is 9.90 Å². The normalized spacial score (nSPS) is 11.1. The van der Waals surface area contributed by atoms with Crippen molar-refractivity contribution in [2.75, 3.05) is 26.2 Å². The van der Waals surface area contributed by atoms with Crippen LogP contribution in [0.25, 0.3) is 0 Å². The average molecular weight is 255 g/mol. The molecule has 1 rings (SSSR count). The van der Waals surface area contributed by atoms with E-state index in [0.717, 1.165) is 29.1 Å². The maximum atomic E-state index is 12.0. The number of aliphatic hydroxyl groups excluding tert-OH is 1. The van der Waals surface area contributed by atoms with Gasteiger partial charge in [-0.1, -0.05) is 13.3 Å². The molecule has 1 aromatic heterocycles. The molecule has 0 saturated heterocycles. The van der Waals surface area contributed by atoms with Crippen molar-refractivity contribution in [2.24, 2.45) is 0 Å². The third-order valence-corrected chi connectivity index (χ3v) is 3.67. The SMILES string of the molecule is CCCCN(CCO)CC(=O)c1ccc(C)s1. The van der Waals surface area contributed by atoms with Crippen molar-refractivity contribution in [1.82, 2.24) is 4.90 Å². The molecule has 1 aromatic rings. The Bertz CT molecular complexity index is 349. The highest BCUT2D eigenvalue weighted by Crippen LogP contribution is 2.16. The first-order valence-electron chi connectivity index (χ1n) is 6.10. The van der Waals surface area contributed by atoms with Crippen LogP contribution in [0, 0.1) is 6.92 Å². The molecule has 0 amide bonds. The third-order valence-electron chi connectivity index (χ3n) is 2.63. The minimum atomic E-state index is 0.112. The second kappa shape index (κ2) is 7.58. The summed E-state index contributed by atoms with van der Waals surface area (Å²) >= 11 is 1.54. The Morgan fingerprint density at radius 2 is 2.18 bits per heavy atom. The van der Waals surface area contributed by atoms with E-state index >= 15 is 0 Å². The van der Waals surface area contributed by atoms with Crippen LogP contribution in [-0.2, 0) is 0 Å². The quantitative estimate of drug-likeness (QED) is 0.725. The van der Waals surface area contributed by atoms with Gasteiger partial charge in [0.05, 0.1) is 18.0 Å². The number of carbonyl (C=O) groups is 1. The lowest BCUT2D eigenvalue weighted by Crippen LogP contribution is -2.33. The van der Waals surface area contributed by atoms with Crippen molar-refractivity contribution in [3.63, 3.8) is 0 Å². The van der Waals surface area contributed by atoms with E-state index in [1.807, 2.05) is 24.0 Å². The monoisotopic (exact) mass is 255 g/mol. The molecule has 0 unspecified atom stereocenters. The summed E-state index contributed by atoms with van der Waals surface area (Å²) in [5.74, 6) is 0.160. The van der Waals surface area contributed by atoms with Gasteiger partial charge in [-0.05, 0) is 32.0 Å². The Balaban J connectivity index is 2.51. The first-order valence-corrected chi connectivity index (χ1v) is 6.92. The molecule has 0 spiro atoms. The Kier molecular flexibility index (Phi) is 6.40. The van der Waals surface area contributed by atoms with Gasteiger partial charge < -0.3 is 5.11 Å². The molecule has 4 heteroatoms. The zero-order chi connectivity index (χ0) is 12.7. The van der Waals surface area contributed by atoms with E-state index in [0.29, 0.717) is 13.1 Å². The molecule has 3 nitrogen and oxygen atoms in total. The molecule has 0 aliphatic rings. The average Bonchev–Trinajstić information content (AvgIpc) is 2.73. The van der Waals surface area contributed by atoms with Gasteiger partial charge >= 0.3 is 0 Å². The topological polar surface area (TPSA) is 40.5 Å². The number of nitrogens with zero attached hydrogens (tertiary/aromatic N) is 1. The van der Waals surface area contributed by atoms with Crippen LogP contribution < -0.4 is 0 Å².